The molecule has 6 nitrogen and oxygen atoms in total. The van der Waals surface area contributed by atoms with Gasteiger partial charge < -0.3 is 9.47 Å². The quantitative estimate of drug-likeness (QED) is 0.0841. The Balaban J connectivity index is 1.54. The summed E-state index contributed by atoms with van der Waals surface area (Å²) in [6, 6.07) is 26.0. The van der Waals surface area contributed by atoms with Gasteiger partial charge in [-0.15, -0.1) is 11.8 Å². The number of rotatable bonds is 9. The summed E-state index contributed by atoms with van der Waals surface area (Å²) in [4.78, 5) is 34.7. The molecule has 1 aromatic heterocycles. The van der Waals surface area contributed by atoms with Crippen LogP contribution in [-0.4, -0.2) is 23.4 Å². The van der Waals surface area contributed by atoms with Crippen LogP contribution in [0.2, 0.25) is 10.0 Å². The van der Waals surface area contributed by atoms with Crippen molar-refractivity contribution in [3.05, 3.63) is 150 Å². The van der Waals surface area contributed by atoms with Crippen LogP contribution in [0.15, 0.2) is 105 Å². The van der Waals surface area contributed by atoms with Gasteiger partial charge >= 0.3 is 5.97 Å². The number of fused-ring (bicyclic) bond motifs is 1. The Labute approximate surface area is 322 Å². The van der Waals surface area contributed by atoms with Gasteiger partial charge in [-0.2, -0.15) is 0 Å². The first-order chi connectivity index (χ1) is 23.2. The molecule has 2 heterocycles. The van der Waals surface area contributed by atoms with Crippen LogP contribution in [0.5, 0.6) is 5.75 Å². The number of thioether (sulfide) groups is 1. The van der Waals surface area contributed by atoms with Gasteiger partial charge in [0, 0.05) is 19.6 Å². The van der Waals surface area contributed by atoms with Crippen molar-refractivity contribution in [3.8, 4) is 5.75 Å². The van der Waals surface area contributed by atoms with E-state index in [1.165, 1.54) is 11.3 Å². The van der Waals surface area contributed by atoms with E-state index in [0.29, 0.717) is 36.4 Å². The van der Waals surface area contributed by atoms with Crippen molar-refractivity contribution in [2.75, 3.05) is 12.9 Å². The molecular formula is C36H26Cl2I2N2O4S2. The Bertz CT molecular complexity index is 2240. The van der Waals surface area contributed by atoms with E-state index in [1.807, 2.05) is 85.1 Å². The molecule has 1 aliphatic heterocycles. The molecule has 0 spiro atoms. The maximum Gasteiger partial charge on any atom is 0.338 e. The number of hydrogen-bond donors (Lipinski definition) is 0. The average molecular weight is 939 g/mol. The maximum atomic E-state index is 14.5. The molecule has 0 bridgehead atoms. The fourth-order valence-corrected chi connectivity index (χ4v) is 9.07. The summed E-state index contributed by atoms with van der Waals surface area (Å²) in [6.07, 6.45) is 3.84. The van der Waals surface area contributed by atoms with Crippen molar-refractivity contribution >= 4 is 109 Å². The van der Waals surface area contributed by atoms with Crippen molar-refractivity contribution < 1.29 is 14.3 Å². The SMILES string of the molecule is CCOC(=O)C1=C(c2ccccc2)N=c2s/c(=C\c3cc(I)cc(I)c3OCc3ccc(Cl)c(Cl)c3)c(=O)n2[C@@H]1c1ccc(SC)cc1. The number of thiazole rings is 1. The number of ether oxygens (including phenoxy) is 2. The van der Waals surface area contributed by atoms with Gasteiger partial charge in [0.25, 0.3) is 5.56 Å². The molecule has 0 fully saturated rings. The molecule has 1 aliphatic rings. The lowest BCUT2D eigenvalue weighted by atomic mass is 9.93. The Hall–Kier alpha value is -2.62. The zero-order valence-corrected chi connectivity index (χ0v) is 33.0. The lowest BCUT2D eigenvalue weighted by Crippen LogP contribution is -2.40. The van der Waals surface area contributed by atoms with Crippen molar-refractivity contribution in [1.82, 2.24) is 4.57 Å². The number of hydrogen-bond acceptors (Lipinski definition) is 7. The summed E-state index contributed by atoms with van der Waals surface area (Å²) in [5, 5.41) is 0.923. The van der Waals surface area contributed by atoms with E-state index in [4.69, 9.17) is 37.7 Å². The van der Waals surface area contributed by atoms with Crippen molar-refractivity contribution in [2.24, 2.45) is 4.99 Å². The second kappa shape index (κ2) is 15.5. The van der Waals surface area contributed by atoms with Crippen LogP contribution < -0.4 is 19.6 Å². The number of carbonyl (C=O) groups is 1. The van der Waals surface area contributed by atoms with Gasteiger partial charge in [-0.1, -0.05) is 83.1 Å². The fraction of sp³-hybridized carbons (Fsp3) is 0.139. The van der Waals surface area contributed by atoms with Gasteiger partial charge in [-0.25, -0.2) is 9.79 Å². The molecule has 0 N–H and O–H groups in total. The molecule has 0 saturated heterocycles. The molecule has 0 radical (unpaired) electrons. The zero-order chi connectivity index (χ0) is 33.9. The summed E-state index contributed by atoms with van der Waals surface area (Å²) in [5.41, 5.74) is 3.66. The molecule has 5 aromatic rings. The standard InChI is InChI=1S/C36H26Cl2I2N2O4S2/c1-3-45-35(44)30-31(21-7-5-4-6-8-21)41-36-42(32(30)22-10-12-25(47-2)13-11-22)34(43)29(48-36)17-23-16-24(39)18-28(40)33(23)46-19-20-9-14-26(37)27(38)15-20/h4-18,32H,3,19H2,1-2H3/b29-17-/t32-/m1/s1. The summed E-state index contributed by atoms with van der Waals surface area (Å²) >= 11 is 19.8. The first-order valence-corrected chi connectivity index (χ1v) is 19.6. The van der Waals surface area contributed by atoms with Gasteiger partial charge in [0.05, 0.1) is 42.1 Å². The Kier molecular flexibility index (Phi) is 11.4. The number of esters is 1. The van der Waals surface area contributed by atoms with Crippen LogP contribution >= 0.6 is 91.5 Å². The first-order valence-electron chi connectivity index (χ1n) is 14.7. The minimum absolute atomic E-state index is 0.184. The number of carbonyl (C=O) groups excluding carboxylic acids is 1. The van der Waals surface area contributed by atoms with E-state index in [9.17, 15) is 9.59 Å². The van der Waals surface area contributed by atoms with Gasteiger partial charge in [0.1, 0.15) is 12.4 Å². The van der Waals surface area contributed by atoms with Gasteiger partial charge in [0.15, 0.2) is 4.80 Å². The van der Waals surface area contributed by atoms with E-state index in [-0.39, 0.29) is 18.8 Å². The van der Waals surface area contributed by atoms with E-state index in [2.05, 4.69) is 45.2 Å². The molecule has 12 heteroatoms. The Morgan fingerprint density at radius 3 is 2.46 bits per heavy atom. The van der Waals surface area contributed by atoms with E-state index >= 15 is 0 Å². The monoisotopic (exact) mass is 938 g/mol. The molecule has 0 unspecified atom stereocenters. The molecule has 0 aliphatic carbocycles. The number of benzene rings is 4. The van der Waals surface area contributed by atoms with Crippen LogP contribution in [-0.2, 0) is 16.1 Å². The zero-order valence-electron chi connectivity index (χ0n) is 25.5. The molecule has 4 aromatic carbocycles. The third-order valence-electron chi connectivity index (χ3n) is 7.50. The molecule has 6 rings (SSSR count). The van der Waals surface area contributed by atoms with Crippen LogP contribution in [0.4, 0.5) is 0 Å². The molecule has 244 valence electrons. The predicted molar refractivity (Wildman–Crippen MR) is 212 cm³/mol. The largest absolute Gasteiger partial charge is 0.487 e. The normalized spacial score (nSPS) is 14.5. The van der Waals surface area contributed by atoms with Crippen LogP contribution in [0, 0.1) is 7.14 Å². The lowest BCUT2D eigenvalue weighted by Gasteiger charge is -2.26. The van der Waals surface area contributed by atoms with Crippen LogP contribution in [0.3, 0.4) is 0 Å². The lowest BCUT2D eigenvalue weighted by molar-refractivity contribution is -0.138. The highest BCUT2D eigenvalue weighted by Crippen LogP contribution is 2.36. The maximum absolute atomic E-state index is 14.5. The second-order valence-electron chi connectivity index (χ2n) is 10.5. The predicted octanol–water partition coefficient (Wildman–Crippen LogP) is 8.75. The average Bonchev–Trinajstić information content (AvgIpc) is 3.39. The molecule has 48 heavy (non-hydrogen) atoms. The second-order valence-corrected chi connectivity index (χ2v) is 15.7. The van der Waals surface area contributed by atoms with Crippen molar-refractivity contribution in [3.63, 3.8) is 0 Å². The minimum atomic E-state index is -0.755. The van der Waals surface area contributed by atoms with Crippen molar-refractivity contribution in [2.45, 2.75) is 24.5 Å². The number of halogens is 4. The van der Waals surface area contributed by atoms with Crippen LogP contribution in [0.1, 0.15) is 35.2 Å². The Morgan fingerprint density at radius 2 is 1.77 bits per heavy atom. The highest BCUT2D eigenvalue weighted by atomic mass is 127. The third kappa shape index (κ3) is 7.43. The first kappa shape index (κ1) is 35.2. The molecule has 0 amide bonds. The summed E-state index contributed by atoms with van der Waals surface area (Å²) < 4.78 is 15.9. The molecular weight excluding hydrogens is 913 g/mol. The smallest absolute Gasteiger partial charge is 0.338 e. The van der Waals surface area contributed by atoms with E-state index in [1.54, 1.807) is 35.4 Å². The highest BCUT2D eigenvalue weighted by molar-refractivity contribution is 14.1. The molecule has 1 atom stereocenters. The summed E-state index contributed by atoms with van der Waals surface area (Å²) in [7, 11) is 0. The van der Waals surface area contributed by atoms with E-state index in [0.717, 1.165) is 34.3 Å². The number of nitrogens with zero attached hydrogens (tertiary/aromatic N) is 2. The van der Waals surface area contributed by atoms with Crippen molar-refractivity contribution in [1.29, 1.82) is 0 Å². The van der Waals surface area contributed by atoms with Gasteiger partial charge in [-0.3, -0.25) is 9.36 Å². The van der Waals surface area contributed by atoms with E-state index < -0.39 is 12.0 Å². The third-order valence-corrected chi connectivity index (χ3v) is 11.4. The Morgan fingerprint density at radius 1 is 1.02 bits per heavy atom. The van der Waals surface area contributed by atoms with Gasteiger partial charge in [0.2, 0.25) is 0 Å². The summed E-state index contributed by atoms with van der Waals surface area (Å²) in [5.74, 6) is 0.118. The summed E-state index contributed by atoms with van der Waals surface area (Å²) in [6.45, 7) is 2.20. The van der Waals surface area contributed by atoms with Gasteiger partial charge in [-0.05, 0) is 112 Å². The highest BCUT2D eigenvalue weighted by Gasteiger charge is 2.35. The van der Waals surface area contributed by atoms with Crippen LogP contribution in [0.25, 0.3) is 11.8 Å². The topological polar surface area (TPSA) is 69.9 Å². The minimum Gasteiger partial charge on any atom is -0.487 e. The number of aromatic nitrogens is 1. The molecule has 0 saturated carbocycles. The fourth-order valence-electron chi connectivity index (χ4n) is 5.31.